The Morgan fingerprint density at radius 2 is 2.00 bits per heavy atom. The molecule has 2 aromatic rings. The SMILES string of the molecule is CCOC(=O)c1c(NSc2ccc([N+](=O)[O-])cc2[N+](=O)[O-])sc2c1CCCC2. The van der Waals surface area contributed by atoms with E-state index >= 15 is 0 Å². The number of carbonyl (C=O) groups excluding carboxylic acids is 1. The van der Waals surface area contributed by atoms with E-state index in [-0.39, 0.29) is 22.9 Å². The average molecular weight is 423 g/mol. The van der Waals surface area contributed by atoms with Crippen LogP contribution in [-0.4, -0.2) is 22.4 Å². The fraction of sp³-hybridized carbons (Fsp3) is 0.353. The van der Waals surface area contributed by atoms with E-state index in [0.29, 0.717) is 10.6 Å². The molecule has 9 nitrogen and oxygen atoms in total. The summed E-state index contributed by atoms with van der Waals surface area (Å²) in [5.41, 5.74) is 0.746. The summed E-state index contributed by atoms with van der Waals surface area (Å²) in [7, 11) is 0. The van der Waals surface area contributed by atoms with Gasteiger partial charge in [0.2, 0.25) is 0 Å². The molecule has 0 bridgehead atoms. The predicted octanol–water partition coefficient (Wildman–Crippen LogP) is 4.74. The zero-order valence-corrected chi connectivity index (χ0v) is 16.6. The minimum atomic E-state index is -0.680. The molecular formula is C17H17N3O6S2. The monoisotopic (exact) mass is 423 g/mol. The molecule has 0 radical (unpaired) electrons. The summed E-state index contributed by atoms with van der Waals surface area (Å²) < 4.78 is 8.21. The van der Waals surface area contributed by atoms with E-state index in [1.807, 2.05) is 0 Å². The van der Waals surface area contributed by atoms with Crippen molar-refractivity contribution in [2.45, 2.75) is 37.5 Å². The summed E-state index contributed by atoms with van der Waals surface area (Å²) in [4.78, 5) is 34.6. The highest BCUT2D eigenvalue weighted by atomic mass is 32.2. The van der Waals surface area contributed by atoms with Gasteiger partial charge in [0.05, 0.1) is 28.1 Å². The van der Waals surface area contributed by atoms with Crippen LogP contribution in [0.15, 0.2) is 23.1 Å². The third-order valence-corrected chi connectivity index (χ3v) is 6.46. The average Bonchev–Trinajstić information content (AvgIpc) is 3.04. The number of rotatable bonds is 7. The normalized spacial score (nSPS) is 12.9. The van der Waals surface area contributed by atoms with Crippen molar-refractivity contribution in [3.63, 3.8) is 0 Å². The molecule has 1 heterocycles. The number of ether oxygens (including phenoxy) is 1. The third kappa shape index (κ3) is 4.09. The summed E-state index contributed by atoms with van der Waals surface area (Å²) >= 11 is 2.40. The molecule has 0 aliphatic heterocycles. The lowest BCUT2D eigenvalue weighted by Gasteiger charge is -2.12. The molecule has 0 unspecified atom stereocenters. The molecule has 1 aliphatic carbocycles. The van der Waals surface area contributed by atoms with Gasteiger partial charge in [-0.15, -0.1) is 11.3 Å². The molecular weight excluding hydrogens is 406 g/mol. The molecule has 0 spiro atoms. The predicted molar refractivity (Wildman–Crippen MR) is 106 cm³/mol. The molecule has 0 amide bonds. The number of nitrogens with one attached hydrogen (secondary N) is 1. The maximum atomic E-state index is 12.5. The Balaban J connectivity index is 1.91. The maximum Gasteiger partial charge on any atom is 0.341 e. The fourth-order valence-electron chi connectivity index (χ4n) is 3.01. The van der Waals surface area contributed by atoms with Crippen molar-refractivity contribution >= 4 is 45.6 Å². The molecule has 0 saturated carbocycles. The maximum absolute atomic E-state index is 12.5. The van der Waals surface area contributed by atoms with Crippen LogP contribution >= 0.6 is 23.3 Å². The van der Waals surface area contributed by atoms with Gasteiger partial charge >= 0.3 is 5.97 Å². The molecule has 0 saturated heterocycles. The van der Waals surface area contributed by atoms with Gasteiger partial charge < -0.3 is 9.46 Å². The lowest BCUT2D eigenvalue weighted by atomic mass is 9.95. The summed E-state index contributed by atoms with van der Waals surface area (Å²) in [6.45, 7) is 1.99. The van der Waals surface area contributed by atoms with Crippen molar-refractivity contribution < 1.29 is 19.4 Å². The van der Waals surface area contributed by atoms with Gasteiger partial charge in [0.1, 0.15) is 9.90 Å². The van der Waals surface area contributed by atoms with E-state index in [1.165, 1.54) is 23.5 Å². The number of esters is 1. The number of nitro benzene ring substituents is 2. The van der Waals surface area contributed by atoms with Crippen LogP contribution in [0.3, 0.4) is 0 Å². The summed E-state index contributed by atoms with van der Waals surface area (Å²) in [6, 6.07) is 3.46. The molecule has 28 heavy (non-hydrogen) atoms. The highest BCUT2D eigenvalue weighted by molar-refractivity contribution is 8.00. The molecule has 11 heteroatoms. The number of anilines is 1. The second-order valence-corrected chi connectivity index (χ2v) is 7.96. The van der Waals surface area contributed by atoms with Gasteiger partial charge in [-0.1, -0.05) is 0 Å². The zero-order valence-electron chi connectivity index (χ0n) is 14.9. The number of non-ortho nitro benzene ring substituents is 1. The van der Waals surface area contributed by atoms with Crippen molar-refractivity contribution in [1.29, 1.82) is 0 Å². The quantitative estimate of drug-likeness (QED) is 0.293. The highest BCUT2D eigenvalue weighted by Gasteiger charge is 2.27. The lowest BCUT2D eigenvalue weighted by Crippen LogP contribution is -2.10. The van der Waals surface area contributed by atoms with Gasteiger partial charge in [0.25, 0.3) is 11.4 Å². The van der Waals surface area contributed by atoms with Crippen LogP contribution in [0.25, 0.3) is 0 Å². The Bertz CT molecular complexity index is 943. The van der Waals surface area contributed by atoms with Crippen LogP contribution < -0.4 is 4.72 Å². The molecule has 1 aromatic carbocycles. The summed E-state index contributed by atoms with van der Waals surface area (Å²) in [5.74, 6) is -0.414. The number of thiophene rings is 1. The molecule has 1 N–H and O–H groups in total. The minimum absolute atomic E-state index is 0.219. The van der Waals surface area contributed by atoms with Crippen LogP contribution in [0, 0.1) is 20.2 Å². The molecule has 1 aromatic heterocycles. The second kappa shape index (κ2) is 8.57. The Labute approximate surface area is 168 Å². The second-order valence-electron chi connectivity index (χ2n) is 6.01. The summed E-state index contributed by atoms with van der Waals surface area (Å²) in [6.07, 6.45) is 3.73. The van der Waals surface area contributed by atoms with Crippen molar-refractivity contribution in [1.82, 2.24) is 0 Å². The van der Waals surface area contributed by atoms with Crippen molar-refractivity contribution in [2.75, 3.05) is 11.3 Å². The fourth-order valence-corrected chi connectivity index (χ4v) is 5.11. The first-order valence-corrected chi connectivity index (χ1v) is 10.2. The largest absolute Gasteiger partial charge is 0.462 e. The van der Waals surface area contributed by atoms with Gasteiger partial charge in [-0.05, 0) is 56.2 Å². The topological polar surface area (TPSA) is 125 Å². The first kappa shape index (κ1) is 20.1. The number of hydrogen-bond donors (Lipinski definition) is 1. The number of carbonyl (C=O) groups is 1. The Morgan fingerprint density at radius 1 is 1.25 bits per heavy atom. The number of nitro groups is 2. The van der Waals surface area contributed by atoms with Gasteiger partial charge in [-0.25, -0.2) is 4.79 Å². The lowest BCUT2D eigenvalue weighted by molar-refractivity contribution is -0.396. The van der Waals surface area contributed by atoms with Crippen LogP contribution in [0.5, 0.6) is 0 Å². The van der Waals surface area contributed by atoms with E-state index < -0.39 is 15.8 Å². The van der Waals surface area contributed by atoms with Gasteiger partial charge in [-0.2, -0.15) is 0 Å². The number of fused-ring (bicyclic) bond motifs is 1. The molecule has 3 rings (SSSR count). The van der Waals surface area contributed by atoms with Crippen molar-refractivity contribution in [3.8, 4) is 0 Å². The van der Waals surface area contributed by atoms with Crippen molar-refractivity contribution in [3.05, 3.63) is 54.4 Å². The van der Waals surface area contributed by atoms with Crippen LogP contribution in [0.2, 0.25) is 0 Å². The van der Waals surface area contributed by atoms with Gasteiger partial charge in [0, 0.05) is 10.9 Å². The smallest absolute Gasteiger partial charge is 0.341 e. The minimum Gasteiger partial charge on any atom is -0.462 e. The van der Waals surface area contributed by atoms with E-state index in [9.17, 15) is 25.0 Å². The first-order valence-electron chi connectivity index (χ1n) is 8.59. The molecule has 1 aliphatic rings. The molecule has 148 valence electrons. The first-order chi connectivity index (χ1) is 13.4. The number of hydrogen-bond acceptors (Lipinski definition) is 9. The van der Waals surface area contributed by atoms with E-state index in [1.54, 1.807) is 6.92 Å². The van der Waals surface area contributed by atoms with Crippen LogP contribution in [-0.2, 0) is 17.6 Å². The van der Waals surface area contributed by atoms with E-state index in [0.717, 1.165) is 54.1 Å². The highest BCUT2D eigenvalue weighted by Crippen LogP contribution is 2.41. The Morgan fingerprint density at radius 3 is 2.68 bits per heavy atom. The van der Waals surface area contributed by atoms with E-state index in [4.69, 9.17) is 4.74 Å². The van der Waals surface area contributed by atoms with Gasteiger partial charge in [-0.3, -0.25) is 20.2 Å². The van der Waals surface area contributed by atoms with Gasteiger partial charge in [0.15, 0.2) is 0 Å². The Kier molecular flexibility index (Phi) is 6.15. The number of nitrogens with zero attached hydrogens (tertiary/aromatic N) is 2. The molecule has 0 atom stereocenters. The van der Waals surface area contributed by atoms with Crippen LogP contribution in [0.1, 0.15) is 40.6 Å². The van der Waals surface area contributed by atoms with Crippen LogP contribution in [0.4, 0.5) is 16.4 Å². The molecule has 0 fully saturated rings. The summed E-state index contributed by atoms with van der Waals surface area (Å²) in [5, 5.41) is 22.8. The standard InChI is InChI=1S/C17H17N3O6S2/c1-2-26-17(21)15-11-5-3-4-6-13(11)27-16(15)18-28-14-8-7-10(19(22)23)9-12(14)20(24)25/h7-9,18H,2-6H2,1H3. The number of benzene rings is 1. The van der Waals surface area contributed by atoms with Crippen molar-refractivity contribution in [2.24, 2.45) is 0 Å². The zero-order chi connectivity index (χ0) is 20.3. The number of aryl methyl sites for hydroxylation is 1. The third-order valence-electron chi connectivity index (χ3n) is 4.25. The Hall–Kier alpha value is -2.66. The van der Waals surface area contributed by atoms with E-state index in [2.05, 4.69) is 4.72 Å².